The molecule has 0 unspecified atom stereocenters. The zero-order valence-corrected chi connectivity index (χ0v) is 12.2. The SMILES string of the molecule is C=CCNC(=O)c1ccnc(Nc2cccc(C)c2C)n1. The third-order valence-electron chi connectivity index (χ3n) is 3.15. The Kier molecular flexibility index (Phi) is 4.66. The van der Waals surface area contributed by atoms with Crippen LogP contribution in [0.2, 0.25) is 0 Å². The molecule has 0 fully saturated rings. The summed E-state index contributed by atoms with van der Waals surface area (Å²) < 4.78 is 0. The Morgan fingerprint density at radius 2 is 2.14 bits per heavy atom. The average molecular weight is 282 g/mol. The number of nitrogens with zero attached hydrogens (tertiary/aromatic N) is 2. The summed E-state index contributed by atoms with van der Waals surface area (Å²) in [4.78, 5) is 20.2. The molecule has 2 aromatic rings. The predicted octanol–water partition coefficient (Wildman–Crippen LogP) is 2.75. The van der Waals surface area contributed by atoms with Gasteiger partial charge < -0.3 is 10.6 Å². The molecule has 2 N–H and O–H groups in total. The first-order chi connectivity index (χ1) is 10.1. The Bertz CT molecular complexity index is 667. The van der Waals surface area contributed by atoms with Crippen LogP contribution in [0.25, 0.3) is 0 Å². The van der Waals surface area contributed by atoms with Crippen molar-refractivity contribution in [2.75, 3.05) is 11.9 Å². The number of aryl methyl sites for hydroxylation is 1. The van der Waals surface area contributed by atoms with Crippen LogP contribution in [0, 0.1) is 13.8 Å². The molecule has 21 heavy (non-hydrogen) atoms. The standard InChI is InChI=1S/C16H18N4O/c1-4-9-17-15(21)14-8-10-18-16(20-14)19-13-7-5-6-11(2)12(13)3/h4-8,10H,1,9H2,2-3H3,(H,17,21)(H,18,19,20). The molecule has 0 radical (unpaired) electrons. The van der Waals surface area contributed by atoms with E-state index in [0.29, 0.717) is 18.2 Å². The van der Waals surface area contributed by atoms with E-state index in [4.69, 9.17) is 0 Å². The van der Waals surface area contributed by atoms with Gasteiger partial charge in [0.1, 0.15) is 5.69 Å². The minimum absolute atomic E-state index is 0.249. The molecule has 0 spiro atoms. The van der Waals surface area contributed by atoms with E-state index in [0.717, 1.165) is 11.3 Å². The summed E-state index contributed by atoms with van der Waals surface area (Å²) in [6.07, 6.45) is 3.18. The minimum atomic E-state index is -0.249. The second-order valence-corrected chi connectivity index (χ2v) is 4.64. The maximum absolute atomic E-state index is 11.9. The van der Waals surface area contributed by atoms with Crippen molar-refractivity contribution in [2.24, 2.45) is 0 Å². The average Bonchev–Trinajstić information content (AvgIpc) is 2.50. The van der Waals surface area contributed by atoms with E-state index in [1.54, 1.807) is 18.3 Å². The molecule has 0 atom stereocenters. The number of nitrogens with one attached hydrogen (secondary N) is 2. The molecule has 0 aliphatic heterocycles. The minimum Gasteiger partial charge on any atom is -0.347 e. The van der Waals surface area contributed by atoms with Gasteiger partial charge in [-0.3, -0.25) is 4.79 Å². The number of amides is 1. The molecule has 1 aromatic carbocycles. The first-order valence-electron chi connectivity index (χ1n) is 6.67. The van der Waals surface area contributed by atoms with Gasteiger partial charge in [-0.25, -0.2) is 9.97 Å². The van der Waals surface area contributed by atoms with Crippen LogP contribution in [-0.2, 0) is 0 Å². The number of hydrogen-bond acceptors (Lipinski definition) is 4. The quantitative estimate of drug-likeness (QED) is 0.827. The van der Waals surface area contributed by atoms with Crippen LogP contribution in [-0.4, -0.2) is 22.4 Å². The number of anilines is 2. The van der Waals surface area contributed by atoms with Crippen molar-refractivity contribution >= 4 is 17.5 Å². The highest BCUT2D eigenvalue weighted by Crippen LogP contribution is 2.20. The number of aromatic nitrogens is 2. The van der Waals surface area contributed by atoms with Gasteiger partial charge in [0.15, 0.2) is 0 Å². The van der Waals surface area contributed by atoms with E-state index < -0.39 is 0 Å². The third kappa shape index (κ3) is 3.66. The molecule has 1 aromatic heterocycles. The van der Waals surface area contributed by atoms with Crippen LogP contribution in [0.1, 0.15) is 21.6 Å². The van der Waals surface area contributed by atoms with Gasteiger partial charge in [0.25, 0.3) is 5.91 Å². The molecule has 0 aliphatic rings. The summed E-state index contributed by atoms with van der Waals surface area (Å²) in [5.41, 5.74) is 3.56. The Hall–Kier alpha value is -2.69. The predicted molar refractivity (Wildman–Crippen MR) is 83.8 cm³/mol. The fourth-order valence-electron chi connectivity index (χ4n) is 1.81. The van der Waals surface area contributed by atoms with Gasteiger partial charge in [0.2, 0.25) is 5.95 Å². The van der Waals surface area contributed by atoms with Crippen molar-refractivity contribution in [1.82, 2.24) is 15.3 Å². The smallest absolute Gasteiger partial charge is 0.270 e. The number of hydrogen-bond donors (Lipinski definition) is 2. The van der Waals surface area contributed by atoms with Crippen LogP contribution >= 0.6 is 0 Å². The van der Waals surface area contributed by atoms with Gasteiger partial charge in [0, 0.05) is 18.4 Å². The van der Waals surface area contributed by atoms with Crippen LogP contribution in [0.5, 0.6) is 0 Å². The Labute approximate surface area is 124 Å². The van der Waals surface area contributed by atoms with Gasteiger partial charge in [-0.2, -0.15) is 0 Å². The topological polar surface area (TPSA) is 66.9 Å². The molecular formula is C16H18N4O. The van der Waals surface area contributed by atoms with Crippen LogP contribution in [0.15, 0.2) is 43.1 Å². The lowest BCUT2D eigenvalue weighted by molar-refractivity contribution is 0.0953. The van der Waals surface area contributed by atoms with Gasteiger partial charge in [-0.1, -0.05) is 18.2 Å². The maximum atomic E-state index is 11.9. The van der Waals surface area contributed by atoms with Crippen molar-refractivity contribution in [3.8, 4) is 0 Å². The van der Waals surface area contributed by atoms with Crippen molar-refractivity contribution in [2.45, 2.75) is 13.8 Å². The highest BCUT2D eigenvalue weighted by atomic mass is 16.1. The van der Waals surface area contributed by atoms with E-state index in [1.807, 2.05) is 32.0 Å². The zero-order chi connectivity index (χ0) is 15.2. The molecule has 2 rings (SSSR count). The first-order valence-corrected chi connectivity index (χ1v) is 6.67. The summed E-state index contributed by atoms with van der Waals surface area (Å²) in [6, 6.07) is 7.54. The molecule has 0 saturated carbocycles. The zero-order valence-electron chi connectivity index (χ0n) is 12.2. The fourth-order valence-corrected chi connectivity index (χ4v) is 1.81. The van der Waals surface area contributed by atoms with Crippen LogP contribution in [0.4, 0.5) is 11.6 Å². The molecule has 0 saturated heterocycles. The number of rotatable bonds is 5. The van der Waals surface area contributed by atoms with Gasteiger partial charge in [-0.05, 0) is 37.1 Å². The Balaban J connectivity index is 2.19. The molecule has 0 bridgehead atoms. The van der Waals surface area contributed by atoms with Crippen molar-refractivity contribution < 1.29 is 4.79 Å². The summed E-state index contributed by atoms with van der Waals surface area (Å²) in [5, 5.41) is 5.83. The number of carbonyl (C=O) groups excluding carboxylic acids is 1. The largest absolute Gasteiger partial charge is 0.347 e. The van der Waals surface area contributed by atoms with E-state index in [2.05, 4.69) is 27.2 Å². The van der Waals surface area contributed by atoms with E-state index in [-0.39, 0.29) is 5.91 Å². The van der Waals surface area contributed by atoms with Crippen LogP contribution < -0.4 is 10.6 Å². The Morgan fingerprint density at radius 1 is 1.33 bits per heavy atom. The van der Waals surface area contributed by atoms with E-state index in [9.17, 15) is 4.79 Å². The lowest BCUT2D eigenvalue weighted by atomic mass is 10.1. The molecule has 108 valence electrons. The van der Waals surface area contributed by atoms with Gasteiger partial charge >= 0.3 is 0 Å². The normalized spacial score (nSPS) is 10.0. The monoisotopic (exact) mass is 282 g/mol. The van der Waals surface area contributed by atoms with E-state index >= 15 is 0 Å². The lowest BCUT2D eigenvalue weighted by Crippen LogP contribution is -2.24. The van der Waals surface area contributed by atoms with Gasteiger partial charge in [-0.15, -0.1) is 6.58 Å². The molecular weight excluding hydrogens is 264 g/mol. The molecule has 5 heteroatoms. The third-order valence-corrected chi connectivity index (χ3v) is 3.15. The Morgan fingerprint density at radius 3 is 2.90 bits per heavy atom. The molecule has 1 amide bonds. The molecule has 5 nitrogen and oxygen atoms in total. The number of carbonyl (C=O) groups is 1. The summed E-state index contributed by atoms with van der Waals surface area (Å²) in [5.74, 6) is 0.149. The van der Waals surface area contributed by atoms with Crippen molar-refractivity contribution in [3.63, 3.8) is 0 Å². The second-order valence-electron chi connectivity index (χ2n) is 4.64. The molecule has 1 heterocycles. The highest BCUT2D eigenvalue weighted by molar-refractivity contribution is 5.92. The lowest BCUT2D eigenvalue weighted by Gasteiger charge is -2.10. The maximum Gasteiger partial charge on any atom is 0.270 e. The summed E-state index contributed by atoms with van der Waals surface area (Å²) in [7, 11) is 0. The highest BCUT2D eigenvalue weighted by Gasteiger charge is 2.08. The number of benzene rings is 1. The van der Waals surface area contributed by atoms with Crippen molar-refractivity contribution in [1.29, 1.82) is 0 Å². The summed E-state index contributed by atoms with van der Waals surface area (Å²) in [6.45, 7) is 8.03. The van der Waals surface area contributed by atoms with E-state index in [1.165, 1.54) is 5.56 Å². The second kappa shape index (κ2) is 6.65. The van der Waals surface area contributed by atoms with Crippen molar-refractivity contribution in [3.05, 3.63) is 59.9 Å². The van der Waals surface area contributed by atoms with Crippen LogP contribution in [0.3, 0.4) is 0 Å². The fraction of sp³-hybridized carbons (Fsp3) is 0.188. The van der Waals surface area contributed by atoms with Gasteiger partial charge in [0.05, 0.1) is 0 Å². The molecule has 0 aliphatic carbocycles. The first kappa shape index (κ1) is 14.7. The summed E-state index contributed by atoms with van der Waals surface area (Å²) >= 11 is 0.